The van der Waals surface area contributed by atoms with Crippen LogP contribution in [0.1, 0.15) is 26.3 Å². The molecule has 0 N–H and O–H groups in total. The molecule has 0 spiro atoms. The van der Waals surface area contributed by atoms with Crippen molar-refractivity contribution in [3.63, 3.8) is 0 Å². The zero-order valence-electron chi connectivity index (χ0n) is 10.6. The molecule has 96 valence electrons. The third-order valence-electron chi connectivity index (χ3n) is 3.13. The van der Waals surface area contributed by atoms with Crippen molar-refractivity contribution in [2.24, 2.45) is 0 Å². The number of rotatable bonds is 1. The van der Waals surface area contributed by atoms with Crippen LogP contribution in [-0.2, 0) is 4.79 Å². The number of carbonyl (C=O) groups is 1. The normalized spacial score (nSPS) is 17.2. The molecule has 0 bridgehead atoms. The largest absolute Gasteiger partial charge is 0.302 e. The van der Waals surface area contributed by atoms with Crippen LogP contribution in [0.2, 0.25) is 0 Å². The van der Waals surface area contributed by atoms with Crippen LogP contribution in [0.4, 0.5) is 10.1 Å². The Morgan fingerprint density at radius 1 is 1.44 bits per heavy atom. The van der Waals surface area contributed by atoms with Crippen molar-refractivity contribution in [3.8, 4) is 0 Å². The molecule has 4 heteroatoms. The van der Waals surface area contributed by atoms with Crippen molar-refractivity contribution in [2.75, 3.05) is 10.8 Å². The van der Waals surface area contributed by atoms with Gasteiger partial charge in [0.1, 0.15) is 11.7 Å². The summed E-state index contributed by atoms with van der Waals surface area (Å²) in [5.41, 5.74) is 1.97. The molecule has 1 aromatic carbocycles. The van der Waals surface area contributed by atoms with Crippen LogP contribution in [0.25, 0.3) is 5.57 Å². The summed E-state index contributed by atoms with van der Waals surface area (Å²) in [7, 11) is 0. The molecule has 0 aromatic heterocycles. The van der Waals surface area contributed by atoms with Crippen LogP contribution in [-0.4, -0.2) is 17.3 Å². The first-order valence-electron chi connectivity index (χ1n) is 5.75. The Morgan fingerprint density at radius 3 is 2.72 bits per heavy atom. The van der Waals surface area contributed by atoms with Crippen LogP contribution in [0.3, 0.4) is 0 Å². The summed E-state index contributed by atoms with van der Waals surface area (Å²) in [6.07, 6.45) is 1.96. The van der Waals surface area contributed by atoms with Crippen molar-refractivity contribution in [2.45, 2.75) is 26.3 Å². The Labute approximate surface area is 111 Å². The van der Waals surface area contributed by atoms with Gasteiger partial charge in [-0.3, -0.25) is 4.79 Å². The molecule has 0 saturated heterocycles. The van der Waals surface area contributed by atoms with Gasteiger partial charge in [-0.1, -0.05) is 6.08 Å². The summed E-state index contributed by atoms with van der Waals surface area (Å²) in [6.45, 7) is 5.79. The van der Waals surface area contributed by atoms with Crippen LogP contribution < -0.4 is 4.90 Å². The molecule has 1 amide bonds. The van der Waals surface area contributed by atoms with E-state index in [1.807, 2.05) is 26.8 Å². The van der Waals surface area contributed by atoms with Gasteiger partial charge in [0.25, 0.3) is 0 Å². The third-order valence-corrected chi connectivity index (χ3v) is 3.36. The highest BCUT2D eigenvalue weighted by Crippen LogP contribution is 2.39. The van der Waals surface area contributed by atoms with E-state index in [0.29, 0.717) is 5.69 Å². The smallest absolute Gasteiger partial charge is 0.242 e. The van der Waals surface area contributed by atoms with E-state index in [1.165, 1.54) is 12.1 Å². The van der Waals surface area contributed by atoms with Crippen molar-refractivity contribution in [1.29, 1.82) is 0 Å². The summed E-state index contributed by atoms with van der Waals surface area (Å²) in [5, 5.41) is 0. The lowest BCUT2D eigenvalue weighted by Gasteiger charge is -2.41. The number of amides is 1. The number of halogens is 2. The molecule has 0 aliphatic carbocycles. The summed E-state index contributed by atoms with van der Waals surface area (Å²) in [4.78, 5) is 13.6. The van der Waals surface area contributed by atoms with E-state index >= 15 is 0 Å². The predicted octanol–water partition coefficient (Wildman–Crippen LogP) is 3.59. The fraction of sp³-hybridized carbons (Fsp3) is 0.357. The summed E-state index contributed by atoms with van der Waals surface area (Å²) < 4.78 is 13.3. The zero-order valence-corrected chi connectivity index (χ0v) is 11.4. The van der Waals surface area contributed by atoms with Crippen LogP contribution >= 0.6 is 11.6 Å². The van der Waals surface area contributed by atoms with Crippen LogP contribution in [0.5, 0.6) is 0 Å². The molecule has 1 aliphatic heterocycles. The zero-order chi connectivity index (χ0) is 13.5. The molecule has 18 heavy (non-hydrogen) atoms. The highest BCUT2D eigenvalue weighted by atomic mass is 35.5. The van der Waals surface area contributed by atoms with Crippen LogP contribution in [0.15, 0.2) is 24.3 Å². The average Bonchev–Trinajstić information content (AvgIpc) is 2.28. The summed E-state index contributed by atoms with van der Waals surface area (Å²) in [5.74, 6) is -0.578. The number of hydrogen-bond acceptors (Lipinski definition) is 1. The molecule has 0 radical (unpaired) electrons. The monoisotopic (exact) mass is 267 g/mol. The third kappa shape index (κ3) is 2.03. The second-order valence-electron chi connectivity index (χ2n) is 5.01. The fourth-order valence-corrected chi connectivity index (χ4v) is 2.64. The molecular formula is C14H15ClFNO. The topological polar surface area (TPSA) is 20.3 Å². The Hall–Kier alpha value is -1.35. The molecule has 2 nitrogen and oxygen atoms in total. The number of benzene rings is 1. The van der Waals surface area contributed by atoms with E-state index in [-0.39, 0.29) is 17.6 Å². The van der Waals surface area contributed by atoms with Gasteiger partial charge in [0.05, 0.1) is 11.2 Å². The first-order chi connectivity index (χ1) is 8.36. The first-order valence-corrected chi connectivity index (χ1v) is 6.28. The number of carbonyl (C=O) groups excluding carboxylic acids is 1. The highest BCUT2D eigenvalue weighted by molar-refractivity contribution is 6.29. The van der Waals surface area contributed by atoms with Gasteiger partial charge in [-0.05, 0) is 44.5 Å². The van der Waals surface area contributed by atoms with Gasteiger partial charge in [0.15, 0.2) is 0 Å². The number of nitrogens with zero attached hydrogens (tertiary/aromatic N) is 1. The van der Waals surface area contributed by atoms with Crippen LogP contribution in [0, 0.1) is 5.82 Å². The molecule has 0 saturated carbocycles. The number of anilines is 1. The Balaban J connectivity index is 2.65. The van der Waals surface area contributed by atoms with E-state index < -0.39 is 5.54 Å². The van der Waals surface area contributed by atoms with Crippen molar-refractivity contribution in [1.82, 2.24) is 0 Å². The SMILES string of the molecule is CC1=CC(C)(C)N(C(=O)CCl)c2ccc(F)cc21. The van der Waals surface area contributed by atoms with Crippen molar-refractivity contribution < 1.29 is 9.18 Å². The lowest BCUT2D eigenvalue weighted by atomic mass is 9.89. The Bertz CT molecular complexity index is 537. The van der Waals surface area contributed by atoms with Gasteiger partial charge >= 0.3 is 0 Å². The second-order valence-corrected chi connectivity index (χ2v) is 5.27. The molecule has 1 aliphatic rings. The Kier molecular flexibility index (Phi) is 3.20. The summed E-state index contributed by atoms with van der Waals surface area (Å²) in [6, 6.07) is 4.44. The minimum absolute atomic E-state index is 0.0901. The molecule has 1 aromatic rings. The first kappa shape index (κ1) is 13.1. The summed E-state index contributed by atoms with van der Waals surface area (Å²) >= 11 is 5.66. The lowest BCUT2D eigenvalue weighted by Crippen LogP contribution is -2.49. The van der Waals surface area contributed by atoms with Crippen molar-refractivity contribution >= 4 is 28.8 Å². The number of hydrogen-bond donors (Lipinski definition) is 0. The number of allylic oxidation sites excluding steroid dienone is 1. The van der Waals surface area contributed by atoms with Gasteiger partial charge in [-0.2, -0.15) is 0 Å². The van der Waals surface area contributed by atoms with Gasteiger partial charge in [-0.15, -0.1) is 11.6 Å². The minimum atomic E-state index is -0.457. The standard InChI is InChI=1S/C14H15ClFNO/c1-9-7-14(2,3)17(13(18)8-15)12-5-4-10(16)6-11(9)12/h4-7H,8H2,1-3H3. The minimum Gasteiger partial charge on any atom is -0.302 e. The maximum absolute atomic E-state index is 13.3. The molecule has 0 fully saturated rings. The molecule has 0 unspecified atom stereocenters. The van der Waals surface area contributed by atoms with E-state index in [0.717, 1.165) is 11.1 Å². The Morgan fingerprint density at radius 2 is 2.11 bits per heavy atom. The quantitative estimate of drug-likeness (QED) is 0.712. The highest BCUT2D eigenvalue weighted by Gasteiger charge is 2.35. The molecular weight excluding hydrogens is 253 g/mol. The van der Waals surface area contributed by atoms with Gasteiger partial charge in [0.2, 0.25) is 5.91 Å². The molecule has 2 rings (SSSR count). The average molecular weight is 268 g/mol. The maximum Gasteiger partial charge on any atom is 0.242 e. The van der Waals surface area contributed by atoms with E-state index in [1.54, 1.807) is 11.0 Å². The van der Waals surface area contributed by atoms with E-state index in [4.69, 9.17) is 11.6 Å². The number of alkyl halides is 1. The number of fused-ring (bicyclic) bond motifs is 1. The van der Waals surface area contributed by atoms with Gasteiger partial charge < -0.3 is 4.90 Å². The maximum atomic E-state index is 13.3. The fourth-order valence-electron chi connectivity index (χ4n) is 2.52. The van der Waals surface area contributed by atoms with E-state index in [9.17, 15) is 9.18 Å². The van der Waals surface area contributed by atoms with E-state index in [2.05, 4.69) is 0 Å². The lowest BCUT2D eigenvalue weighted by molar-refractivity contribution is -0.117. The predicted molar refractivity (Wildman–Crippen MR) is 72.3 cm³/mol. The van der Waals surface area contributed by atoms with Gasteiger partial charge in [0, 0.05) is 5.56 Å². The molecule has 1 heterocycles. The van der Waals surface area contributed by atoms with Crippen molar-refractivity contribution in [3.05, 3.63) is 35.7 Å². The second kappa shape index (κ2) is 4.39. The van der Waals surface area contributed by atoms with Gasteiger partial charge in [-0.25, -0.2) is 4.39 Å². The molecule has 0 atom stereocenters.